The van der Waals surface area contributed by atoms with Gasteiger partial charge in [-0.05, 0) is 48.0 Å². The van der Waals surface area contributed by atoms with E-state index in [0.717, 1.165) is 35.5 Å². The van der Waals surface area contributed by atoms with Crippen LogP contribution in [0.4, 0.5) is 8.78 Å². The minimum Gasteiger partial charge on any atom is -0.497 e. The van der Waals surface area contributed by atoms with Crippen molar-refractivity contribution in [2.24, 2.45) is 0 Å². The van der Waals surface area contributed by atoms with Crippen molar-refractivity contribution in [2.75, 3.05) is 20.7 Å². The fourth-order valence-electron chi connectivity index (χ4n) is 2.97. The number of nitrogens with zero attached hydrogens (tertiary/aromatic N) is 1. The highest BCUT2D eigenvalue weighted by molar-refractivity contribution is 5.44. The van der Waals surface area contributed by atoms with Crippen LogP contribution in [0.15, 0.2) is 36.4 Å². The molecule has 0 fully saturated rings. The minimum atomic E-state index is -0.808. The Balaban J connectivity index is 2.06. The first-order chi connectivity index (χ1) is 10.1. The molecule has 0 N–H and O–H groups in total. The van der Waals surface area contributed by atoms with Gasteiger partial charge >= 0.3 is 0 Å². The van der Waals surface area contributed by atoms with Gasteiger partial charge < -0.3 is 9.64 Å². The molecule has 1 aliphatic rings. The molecule has 2 aromatic rings. The standard InChI is InChI=1S/C17H17F2NO/c1-20-9-12-7-13(21-2)4-5-14(12)15(10-20)11-3-6-16(18)17(19)8-11/h3-8,15H,9-10H2,1-2H3/t15-/m1/s1. The molecule has 3 rings (SSSR count). The minimum absolute atomic E-state index is 0.0414. The lowest BCUT2D eigenvalue weighted by molar-refractivity contribution is 0.293. The Kier molecular flexibility index (Phi) is 3.64. The molecule has 0 bridgehead atoms. The molecule has 1 atom stereocenters. The van der Waals surface area contributed by atoms with E-state index in [-0.39, 0.29) is 5.92 Å². The summed E-state index contributed by atoms with van der Waals surface area (Å²) in [5.74, 6) is -0.749. The van der Waals surface area contributed by atoms with E-state index in [1.807, 2.05) is 25.2 Å². The van der Waals surface area contributed by atoms with Crippen molar-refractivity contribution < 1.29 is 13.5 Å². The van der Waals surface area contributed by atoms with Crippen molar-refractivity contribution >= 4 is 0 Å². The molecule has 1 aliphatic heterocycles. The van der Waals surface area contributed by atoms with Gasteiger partial charge in [-0.15, -0.1) is 0 Å². The van der Waals surface area contributed by atoms with Gasteiger partial charge in [0.1, 0.15) is 5.75 Å². The zero-order valence-corrected chi connectivity index (χ0v) is 12.1. The molecule has 0 radical (unpaired) electrons. The smallest absolute Gasteiger partial charge is 0.159 e. The molecule has 0 aliphatic carbocycles. The SMILES string of the molecule is COc1ccc2c(c1)CN(C)C[C@@H]2c1ccc(F)c(F)c1. The Morgan fingerprint density at radius 3 is 2.62 bits per heavy atom. The molecule has 0 amide bonds. The highest BCUT2D eigenvalue weighted by Crippen LogP contribution is 2.35. The second-order valence-corrected chi connectivity index (χ2v) is 5.49. The van der Waals surface area contributed by atoms with Gasteiger partial charge in [0.15, 0.2) is 11.6 Å². The average Bonchev–Trinajstić information content (AvgIpc) is 2.48. The Morgan fingerprint density at radius 1 is 1.10 bits per heavy atom. The maximum Gasteiger partial charge on any atom is 0.159 e. The Bertz CT molecular complexity index is 672. The van der Waals surface area contributed by atoms with Crippen LogP contribution in [0.3, 0.4) is 0 Å². The molecule has 2 nitrogen and oxygen atoms in total. The van der Waals surface area contributed by atoms with Gasteiger partial charge in [-0.3, -0.25) is 0 Å². The molecular formula is C17H17F2NO. The van der Waals surface area contributed by atoms with E-state index < -0.39 is 11.6 Å². The van der Waals surface area contributed by atoms with Crippen LogP contribution in [0.1, 0.15) is 22.6 Å². The topological polar surface area (TPSA) is 12.5 Å². The second-order valence-electron chi connectivity index (χ2n) is 5.49. The van der Waals surface area contributed by atoms with Crippen molar-refractivity contribution in [3.63, 3.8) is 0 Å². The highest BCUT2D eigenvalue weighted by Gasteiger charge is 2.25. The van der Waals surface area contributed by atoms with Crippen molar-refractivity contribution in [3.8, 4) is 5.75 Å². The summed E-state index contributed by atoms with van der Waals surface area (Å²) < 4.78 is 31.9. The maximum absolute atomic E-state index is 13.5. The lowest BCUT2D eigenvalue weighted by Gasteiger charge is -2.32. The van der Waals surface area contributed by atoms with E-state index in [9.17, 15) is 8.78 Å². The van der Waals surface area contributed by atoms with E-state index in [2.05, 4.69) is 4.90 Å². The molecule has 4 heteroatoms. The van der Waals surface area contributed by atoms with Gasteiger partial charge in [-0.2, -0.15) is 0 Å². The first-order valence-electron chi connectivity index (χ1n) is 6.89. The fourth-order valence-corrected chi connectivity index (χ4v) is 2.97. The number of benzene rings is 2. The number of hydrogen-bond acceptors (Lipinski definition) is 2. The Hall–Kier alpha value is -1.94. The normalized spacial score (nSPS) is 18.4. The van der Waals surface area contributed by atoms with Crippen LogP contribution in [0.25, 0.3) is 0 Å². The Labute approximate surface area is 123 Å². The van der Waals surface area contributed by atoms with Gasteiger partial charge in [-0.25, -0.2) is 8.78 Å². The first-order valence-corrected chi connectivity index (χ1v) is 6.89. The second kappa shape index (κ2) is 5.45. The third-order valence-corrected chi connectivity index (χ3v) is 4.01. The van der Waals surface area contributed by atoms with Crippen LogP contribution in [0, 0.1) is 11.6 Å². The van der Waals surface area contributed by atoms with Crippen LogP contribution >= 0.6 is 0 Å². The first kappa shape index (κ1) is 14.0. The van der Waals surface area contributed by atoms with Crippen LogP contribution in [-0.4, -0.2) is 25.6 Å². The summed E-state index contributed by atoms with van der Waals surface area (Å²) in [6.07, 6.45) is 0. The summed E-state index contributed by atoms with van der Waals surface area (Å²) in [5.41, 5.74) is 3.12. The van der Waals surface area contributed by atoms with Gasteiger partial charge in [0.05, 0.1) is 7.11 Å². The van der Waals surface area contributed by atoms with Crippen LogP contribution < -0.4 is 4.74 Å². The summed E-state index contributed by atoms with van der Waals surface area (Å²) in [5, 5.41) is 0. The molecule has 1 heterocycles. The molecule has 0 saturated carbocycles. The lowest BCUT2D eigenvalue weighted by atomic mass is 9.84. The molecule has 0 aromatic heterocycles. The fraction of sp³-hybridized carbons (Fsp3) is 0.294. The quantitative estimate of drug-likeness (QED) is 0.838. The van der Waals surface area contributed by atoms with E-state index in [0.29, 0.717) is 0 Å². The number of halogens is 2. The number of rotatable bonds is 2. The lowest BCUT2D eigenvalue weighted by Crippen LogP contribution is -2.31. The summed E-state index contributed by atoms with van der Waals surface area (Å²) in [6, 6.07) is 10.1. The number of likely N-dealkylation sites (N-methyl/N-ethyl adjacent to an activating group) is 1. The number of fused-ring (bicyclic) bond motifs is 1. The number of methoxy groups -OCH3 is 1. The summed E-state index contributed by atoms with van der Waals surface area (Å²) >= 11 is 0. The molecule has 0 saturated heterocycles. The van der Waals surface area contributed by atoms with Crippen molar-refractivity contribution in [1.29, 1.82) is 0 Å². The zero-order valence-electron chi connectivity index (χ0n) is 12.1. The van der Waals surface area contributed by atoms with E-state index in [4.69, 9.17) is 4.74 Å². The molecule has 0 unspecified atom stereocenters. The summed E-state index contributed by atoms with van der Waals surface area (Å²) in [7, 11) is 3.66. The van der Waals surface area contributed by atoms with Crippen molar-refractivity contribution in [2.45, 2.75) is 12.5 Å². The predicted molar refractivity (Wildman–Crippen MR) is 77.5 cm³/mol. The van der Waals surface area contributed by atoms with Gasteiger partial charge in [0.2, 0.25) is 0 Å². The van der Waals surface area contributed by atoms with Crippen LogP contribution in [0.2, 0.25) is 0 Å². The van der Waals surface area contributed by atoms with Crippen molar-refractivity contribution in [1.82, 2.24) is 4.90 Å². The van der Waals surface area contributed by atoms with Crippen LogP contribution in [0.5, 0.6) is 5.75 Å². The Morgan fingerprint density at radius 2 is 1.90 bits per heavy atom. The molecule has 110 valence electrons. The molecule has 0 spiro atoms. The summed E-state index contributed by atoms with van der Waals surface area (Å²) in [6.45, 7) is 1.61. The monoisotopic (exact) mass is 289 g/mol. The average molecular weight is 289 g/mol. The largest absolute Gasteiger partial charge is 0.497 e. The van der Waals surface area contributed by atoms with Gasteiger partial charge in [0.25, 0.3) is 0 Å². The van der Waals surface area contributed by atoms with Crippen LogP contribution in [-0.2, 0) is 6.54 Å². The van der Waals surface area contributed by atoms with E-state index in [1.165, 1.54) is 12.1 Å². The third kappa shape index (κ3) is 2.63. The predicted octanol–water partition coefficient (Wildman–Crippen LogP) is 3.55. The molecule has 21 heavy (non-hydrogen) atoms. The van der Waals surface area contributed by atoms with Gasteiger partial charge in [0, 0.05) is 19.0 Å². The zero-order chi connectivity index (χ0) is 15.0. The van der Waals surface area contributed by atoms with Gasteiger partial charge in [-0.1, -0.05) is 12.1 Å². The summed E-state index contributed by atoms with van der Waals surface area (Å²) in [4.78, 5) is 2.17. The highest BCUT2D eigenvalue weighted by atomic mass is 19.2. The number of ether oxygens (including phenoxy) is 1. The van der Waals surface area contributed by atoms with E-state index >= 15 is 0 Å². The molecular weight excluding hydrogens is 272 g/mol. The number of hydrogen-bond donors (Lipinski definition) is 0. The van der Waals surface area contributed by atoms with E-state index in [1.54, 1.807) is 13.2 Å². The van der Waals surface area contributed by atoms with Crippen molar-refractivity contribution in [3.05, 3.63) is 64.7 Å². The third-order valence-electron chi connectivity index (χ3n) is 4.01. The molecule has 2 aromatic carbocycles. The maximum atomic E-state index is 13.5.